The summed E-state index contributed by atoms with van der Waals surface area (Å²) >= 11 is 0. The first-order chi connectivity index (χ1) is 12.4. The van der Waals surface area contributed by atoms with E-state index in [4.69, 9.17) is 9.47 Å². The van der Waals surface area contributed by atoms with E-state index in [0.717, 1.165) is 18.4 Å². The molecule has 1 amide bonds. The molecule has 7 heteroatoms. The van der Waals surface area contributed by atoms with Gasteiger partial charge in [0.2, 0.25) is 0 Å². The summed E-state index contributed by atoms with van der Waals surface area (Å²) in [6.07, 6.45) is 1.36. The Kier molecular flexibility index (Phi) is 6.02. The van der Waals surface area contributed by atoms with E-state index in [1.165, 1.54) is 12.1 Å². The number of non-ortho nitro benzene ring substituents is 1. The summed E-state index contributed by atoms with van der Waals surface area (Å²) in [6, 6.07) is 4.60. The minimum absolute atomic E-state index is 0.00609. The van der Waals surface area contributed by atoms with Crippen LogP contribution in [0.5, 0.6) is 5.75 Å². The summed E-state index contributed by atoms with van der Waals surface area (Å²) in [5.74, 6) is 0.493. The molecule has 1 saturated heterocycles. The van der Waals surface area contributed by atoms with Crippen LogP contribution < -0.4 is 4.74 Å². The van der Waals surface area contributed by atoms with Crippen LogP contribution >= 0.6 is 0 Å². The SMILES string of the molecule is CC(C)(C)OC(=O)N1CCC[C@H]1COc1cc([N+](=O)[O-])ccc1C(C)(C)C. The molecule has 0 bridgehead atoms. The predicted molar refractivity (Wildman–Crippen MR) is 103 cm³/mol. The summed E-state index contributed by atoms with van der Waals surface area (Å²) < 4.78 is 11.5. The largest absolute Gasteiger partial charge is 0.491 e. The number of carbonyl (C=O) groups is 1. The molecule has 1 aromatic carbocycles. The Morgan fingerprint density at radius 3 is 2.48 bits per heavy atom. The van der Waals surface area contributed by atoms with Gasteiger partial charge in [0.15, 0.2) is 0 Å². The summed E-state index contributed by atoms with van der Waals surface area (Å²) in [7, 11) is 0. The van der Waals surface area contributed by atoms with Gasteiger partial charge in [0.25, 0.3) is 5.69 Å². The number of amides is 1. The lowest BCUT2D eigenvalue weighted by molar-refractivity contribution is -0.385. The van der Waals surface area contributed by atoms with Crippen LogP contribution in [0.15, 0.2) is 18.2 Å². The predicted octanol–water partition coefficient (Wildman–Crippen LogP) is 4.67. The number of likely N-dealkylation sites (tertiary alicyclic amines) is 1. The van der Waals surface area contributed by atoms with Crippen LogP contribution in [0.2, 0.25) is 0 Å². The molecule has 1 aromatic rings. The molecule has 1 atom stereocenters. The molecule has 0 unspecified atom stereocenters. The van der Waals surface area contributed by atoms with Crippen molar-refractivity contribution in [2.75, 3.05) is 13.2 Å². The lowest BCUT2D eigenvalue weighted by Gasteiger charge is -2.29. The Bertz CT molecular complexity index is 703. The van der Waals surface area contributed by atoms with E-state index in [-0.39, 0.29) is 29.8 Å². The van der Waals surface area contributed by atoms with Crippen molar-refractivity contribution in [2.24, 2.45) is 0 Å². The van der Waals surface area contributed by atoms with Gasteiger partial charge < -0.3 is 14.4 Å². The second-order valence-corrected chi connectivity index (χ2v) is 8.97. The molecule has 7 nitrogen and oxygen atoms in total. The fourth-order valence-electron chi connectivity index (χ4n) is 3.12. The van der Waals surface area contributed by atoms with Gasteiger partial charge in [-0.2, -0.15) is 0 Å². The zero-order valence-electron chi connectivity index (χ0n) is 17.1. The van der Waals surface area contributed by atoms with Gasteiger partial charge in [-0.15, -0.1) is 0 Å². The number of carbonyl (C=O) groups excluding carboxylic acids is 1. The highest BCUT2D eigenvalue weighted by atomic mass is 16.6. The van der Waals surface area contributed by atoms with Crippen LogP contribution in [0.3, 0.4) is 0 Å². The highest BCUT2D eigenvalue weighted by Gasteiger charge is 2.33. The molecule has 0 N–H and O–H groups in total. The van der Waals surface area contributed by atoms with Crippen LogP contribution in [0.4, 0.5) is 10.5 Å². The van der Waals surface area contributed by atoms with Crippen LogP contribution in [0, 0.1) is 10.1 Å². The second-order valence-electron chi connectivity index (χ2n) is 8.97. The number of nitro groups is 1. The van der Waals surface area contributed by atoms with E-state index in [2.05, 4.69) is 0 Å². The molecule has 0 aliphatic carbocycles. The van der Waals surface area contributed by atoms with Gasteiger partial charge in [-0.3, -0.25) is 10.1 Å². The Labute approximate surface area is 160 Å². The van der Waals surface area contributed by atoms with Crippen molar-refractivity contribution in [1.29, 1.82) is 0 Å². The molecule has 0 aromatic heterocycles. The van der Waals surface area contributed by atoms with Gasteiger partial charge in [-0.25, -0.2) is 4.79 Å². The number of ether oxygens (including phenoxy) is 2. The van der Waals surface area contributed by atoms with E-state index in [0.29, 0.717) is 12.3 Å². The quantitative estimate of drug-likeness (QED) is 0.562. The smallest absolute Gasteiger partial charge is 0.410 e. The highest BCUT2D eigenvalue weighted by Crippen LogP contribution is 2.34. The van der Waals surface area contributed by atoms with E-state index in [1.54, 1.807) is 11.0 Å². The van der Waals surface area contributed by atoms with E-state index in [1.807, 2.05) is 41.5 Å². The van der Waals surface area contributed by atoms with E-state index in [9.17, 15) is 14.9 Å². The maximum atomic E-state index is 12.4. The molecular weight excluding hydrogens is 348 g/mol. The third-order valence-electron chi connectivity index (χ3n) is 4.42. The van der Waals surface area contributed by atoms with E-state index < -0.39 is 10.5 Å². The molecule has 1 aliphatic rings. The standard InChI is InChI=1S/C20H30N2O5/c1-19(2,3)16-10-9-14(22(24)25)12-17(16)26-13-15-8-7-11-21(15)18(23)27-20(4,5)6/h9-10,12,15H,7-8,11,13H2,1-6H3/t15-/m0/s1. The number of hydrogen-bond donors (Lipinski definition) is 0. The van der Waals surface area contributed by atoms with Gasteiger partial charge in [0.1, 0.15) is 18.0 Å². The Hall–Kier alpha value is -2.31. The summed E-state index contributed by atoms with van der Waals surface area (Å²) in [5, 5.41) is 11.1. The van der Waals surface area contributed by atoms with Crippen molar-refractivity contribution in [3.05, 3.63) is 33.9 Å². The number of nitrogens with zero attached hydrogens (tertiary/aromatic N) is 2. The molecular formula is C20H30N2O5. The number of hydrogen-bond acceptors (Lipinski definition) is 5. The highest BCUT2D eigenvalue weighted by molar-refractivity contribution is 5.69. The molecule has 1 heterocycles. The topological polar surface area (TPSA) is 81.9 Å². The van der Waals surface area contributed by atoms with Gasteiger partial charge in [0.05, 0.1) is 17.0 Å². The fourth-order valence-corrected chi connectivity index (χ4v) is 3.12. The van der Waals surface area contributed by atoms with Gasteiger partial charge in [-0.1, -0.05) is 20.8 Å². The minimum Gasteiger partial charge on any atom is -0.491 e. The number of benzene rings is 1. The average molecular weight is 378 g/mol. The Morgan fingerprint density at radius 1 is 1.26 bits per heavy atom. The first kappa shape index (κ1) is 21.0. The van der Waals surface area contributed by atoms with Gasteiger partial charge >= 0.3 is 6.09 Å². The van der Waals surface area contributed by atoms with E-state index >= 15 is 0 Å². The number of nitro benzene ring substituents is 1. The van der Waals surface area contributed by atoms with Crippen molar-refractivity contribution < 1.29 is 19.2 Å². The third kappa shape index (κ3) is 5.58. The second kappa shape index (κ2) is 7.74. The van der Waals surface area contributed by atoms with Gasteiger partial charge in [0, 0.05) is 12.6 Å². The normalized spacial score (nSPS) is 17.7. The monoisotopic (exact) mass is 378 g/mol. The summed E-state index contributed by atoms with van der Waals surface area (Å²) in [6.45, 7) is 12.5. The molecule has 0 spiro atoms. The summed E-state index contributed by atoms with van der Waals surface area (Å²) in [5.41, 5.74) is 0.124. The molecule has 1 fully saturated rings. The van der Waals surface area contributed by atoms with Crippen molar-refractivity contribution >= 4 is 11.8 Å². The Morgan fingerprint density at radius 2 is 1.93 bits per heavy atom. The fraction of sp³-hybridized carbons (Fsp3) is 0.650. The lowest BCUT2D eigenvalue weighted by atomic mass is 9.86. The van der Waals surface area contributed by atoms with Crippen LogP contribution in [0.1, 0.15) is 59.9 Å². The molecule has 2 rings (SSSR count). The van der Waals surface area contributed by atoms with Crippen LogP contribution in [-0.2, 0) is 10.2 Å². The molecule has 1 aliphatic heterocycles. The first-order valence-electron chi connectivity index (χ1n) is 9.30. The maximum Gasteiger partial charge on any atom is 0.410 e. The molecule has 27 heavy (non-hydrogen) atoms. The molecule has 150 valence electrons. The van der Waals surface area contributed by atoms with Crippen molar-refractivity contribution in [2.45, 2.75) is 71.4 Å². The zero-order chi connectivity index (χ0) is 20.4. The zero-order valence-corrected chi connectivity index (χ0v) is 17.1. The first-order valence-corrected chi connectivity index (χ1v) is 9.30. The molecule has 0 radical (unpaired) electrons. The molecule has 0 saturated carbocycles. The van der Waals surface area contributed by atoms with Crippen LogP contribution in [0.25, 0.3) is 0 Å². The lowest BCUT2D eigenvalue weighted by Crippen LogP contribution is -2.42. The van der Waals surface area contributed by atoms with Crippen molar-refractivity contribution in [1.82, 2.24) is 4.90 Å². The van der Waals surface area contributed by atoms with Crippen molar-refractivity contribution in [3.8, 4) is 5.75 Å². The minimum atomic E-state index is -0.551. The van der Waals surface area contributed by atoms with Crippen LogP contribution in [-0.4, -0.2) is 40.7 Å². The Balaban J connectivity index is 2.16. The maximum absolute atomic E-state index is 12.4. The third-order valence-corrected chi connectivity index (χ3v) is 4.42. The summed E-state index contributed by atoms with van der Waals surface area (Å²) in [4.78, 5) is 24.8. The number of rotatable bonds is 4. The average Bonchev–Trinajstić information content (AvgIpc) is 2.98. The van der Waals surface area contributed by atoms with Crippen molar-refractivity contribution in [3.63, 3.8) is 0 Å². The van der Waals surface area contributed by atoms with Gasteiger partial charge in [-0.05, 0) is 50.7 Å².